The van der Waals surface area contributed by atoms with Gasteiger partial charge >= 0.3 is 5.97 Å². The zero-order valence-electron chi connectivity index (χ0n) is 10.7. The minimum Gasteiger partial charge on any atom is -0.508 e. The minimum absolute atomic E-state index is 0.00245. The number of phenols is 1. The van der Waals surface area contributed by atoms with Crippen molar-refractivity contribution in [1.82, 2.24) is 10.3 Å². The number of amides is 1. The van der Waals surface area contributed by atoms with Crippen LogP contribution in [0.2, 0.25) is 5.02 Å². The van der Waals surface area contributed by atoms with Crippen LogP contribution >= 0.6 is 22.9 Å². The maximum absolute atomic E-state index is 11.9. The van der Waals surface area contributed by atoms with Crippen molar-refractivity contribution in [2.24, 2.45) is 0 Å². The van der Waals surface area contributed by atoms with Crippen LogP contribution in [-0.2, 0) is 6.42 Å². The Morgan fingerprint density at radius 1 is 1.38 bits per heavy atom. The number of carboxylic acid groups (broad SMARTS) is 1. The molecular weight excluding hydrogens is 316 g/mol. The summed E-state index contributed by atoms with van der Waals surface area (Å²) in [4.78, 5) is 26.5. The molecule has 21 heavy (non-hydrogen) atoms. The largest absolute Gasteiger partial charge is 0.508 e. The third kappa shape index (κ3) is 3.93. The highest BCUT2D eigenvalue weighted by atomic mass is 35.5. The third-order valence-corrected chi connectivity index (χ3v) is 3.83. The SMILES string of the molecule is O=C(O)c1csc(CCNC(=O)c2cc(O)ccc2Cl)n1. The predicted molar refractivity (Wildman–Crippen MR) is 78.2 cm³/mol. The van der Waals surface area contributed by atoms with Crippen LogP contribution in [0.5, 0.6) is 5.75 Å². The Morgan fingerprint density at radius 3 is 2.81 bits per heavy atom. The lowest BCUT2D eigenvalue weighted by atomic mass is 10.2. The summed E-state index contributed by atoms with van der Waals surface area (Å²) in [7, 11) is 0. The molecule has 1 aromatic heterocycles. The van der Waals surface area contributed by atoms with Crippen molar-refractivity contribution in [3.8, 4) is 5.75 Å². The summed E-state index contributed by atoms with van der Waals surface area (Å²) in [6.07, 6.45) is 0.417. The van der Waals surface area contributed by atoms with Crippen molar-refractivity contribution in [3.05, 3.63) is 44.9 Å². The number of nitrogens with one attached hydrogen (secondary N) is 1. The van der Waals surface area contributed by atoms with Crippen LogP contribution in [0.1, 0.15) is 25.9 Å². The number of phenolic OH excluding ortho intramolecular Hbond substituents is 1. The van der Waals surface area contributed by atoms with Crippen LogP contribution in [0.4, 0.5) is 0 Å². The van der Waals surface area contributed by atoms with Gasteiger partial charge in [-0.25, -0.2) is 9.78 Å². The van der Waals surface area contributed by atoms with E-state index in [1.54, 1.807) is 0 Å². The number of nitrogens with zero attached hydrogens (tertiary/aromatic N) is 1. The van der Waals surface area contributed by atoms with Gasteiger partial charge in [0.25, 0.3) is 5.91 Å². The van der Waals surface area contributed by atoms with Crippen molar-refractivity contribution in [3.63, 3.8) is 0 Å². The zero-order chi connectivity index (χ0) is 15.4. The number of carboxylic acids is 1. The molecule has 1 aromatic carbocycles. The monoisotopic (exact) mass is 326 g/mol. The topological polar surface area (TPSA) is 99.5 Å². The smallest absolute Gasteiger partial charge is 0.355 e. The molecule has 0 aliphatic heterocycles. The number of carbonyl (C=O) groups excluding carboxylic acids is 1. The molecule has 0 aliphatic rings. The van der Waals surface area contributed by atoms with Crippen LogP contribution < -0.4 is 5.32 Å². The molecule has 0 radical (unpaired) electrons. The van der Waals surface area contributed by atoms with E-state index >= 15 is 0 Å². The molecule has 2 rings (SSSR count). The van der Waals surface area contributed by atoms with Gasteiger partial charge in [-0.3, -0.25) is 4.79 Å². The number of hydrogen-bond donors (Lipinski definition) is 3. The van der Waals surface area contributed by atoms with Gasteiger partial charge in [0.05, 0.1) is 15.6 Å². The molecule has 6 nitrogen and oxygen atoms in total. The van der Waals surface area contributed by atoms with Crippen molar-refractivity contribution in [2.75, 3.05) is 6.54 Å². The fraction of sp³-hybridized carbons (Fsp3) is 0.154. The van der Waals surface area contributed by atoms with Crippen molar-refractivity contribution in [1.29, 1.82) is 0 Å². The highest BCUT2D eigenvalue weighted by molar-refractivity contribution is 7.09. The van der Waals surface area contributed by atoms with Gasteiger partial charge in [0.1, 0.15) is 5.75 Å². The third-order valence-electron chi connectivity index (χ3n) is 2.59. The quantitative estimate of drug-likeness (QED) is 0.782. The first kappa shape index (κ1) is 15.3. The molecule has 0 atom stereocenters. The van der Waals surface area contributed by atoms with Gasteiger partial charge in [0.15, 0.2) is 5.69 Å². The van der Waals surface area contributed by atoms with Crippen molar-refractivity contribution < 1.29 is 19.8 Å². The molecule has 3 N–H and O–H groups in total. The van der Waals surface area contributed by atoms with Gasteiger partial charge in [0.2, 0.25) is 0 Å². The Balaban J connectivity index is 1.92. The highest BCUT2D eigenvalue weighted by Gasteiger charge is 2.12. The van der Waals surface area contributed by atoms with E-state index in [0.717, 1.165) is 0 Å². The Labute approximate surface area is 129 Å². The molecule has 0 fully saturated rings. The molecule has 1 heterocycles. The first-order valence-electron chi connectivity index (χ1n) is 5.92. The van der Waals surface area contributed by atoms with Crippen molar-refractivity contribution in [2.45, 2.75) is 6.42 Å². The minimum atomic E-state index is -1.08. The van der Waals surface area contributed by atoms with Crippen LogP contribution in [0.15, 0.2) is 23.6 Å². The van der Waals surface area contributed by atoms with Crippen LogP contribution in [0.25, 0.3) is 0 Å². The second-order valence-electron chi connectivity index (χ2n) is 4.10. The van der Waals surface area contributed by atoms with E-state index in [1.165, 1.54) is 34.9 Å². The first-order valence-corrected chi connectivity index (χ1v) is 7.17. The number of benzene rings is 1. The standard InChI is InChI=1S/C13H11ClN2O4S/c14-9-2-1-7(17)5-8(9)12(18)15-4-3-11-16-10(6-21-11)13(19)20/h1-2,5-6,17H,3-4H2,(H,15,18)(H,19,20). The summed E-state index contributed by atoms with van der Waals surface area (Å²) in [6, 6.07) is 4.11. The molecule has 0 aliphatic carbocycles. The maximum Gasteiger partial charge on any atom is 0.355 e. The lowest BCUT2D eigenvalue weighted by Gasteiger charge is -2.06. The molecule has 0 bridgehead atoms. The van der Waals surface area contributed by atoms with E-state index in [9.17, 15) is 14.7 Å². The molecule has 0 saturated heterocycles. The summed E-state index contributed by atoms with van der Waals surface area (Å²) >= 11 is 7.10. The van der Waals surface area contributed by atoms with Crippen LogP contribution in [-0.4, -0.2) is 33.6 Å². The van der Waals surface area contributed by atoms with Gasteiger partial charge in [-0.1, -0.05) is 11.6 Å². The van der Waals surface area contributed by atoms with Gasteiger partial charge in [-0.2, -0.15) is 0 Å². The van der Waals surface area contributed by atoms with Crippen LogP contribution in [0.3, 0.4) is 0 Å². The summed E-state index contributed by atoms with van der Waals surface area (Å²) in [5.41, 5.74) is 0.180. The number of rotatable bonds is 5. The fourth-order valence-electron chi connectivity index (χ4n) is 1.59. The molecule has 8 heteroatoms. The number of aromatic carboxylic acids is 1. The van der Waals surface area contributed by atoms with Gasteiger partial charge in [0, 0.05) is 18.3 Å². The lowest BCUT2D eigenvalue weighted by molar-refractivity contribution is 0.0690. The Hall–Kier alpha value is -2.12. The second-order valence-corrected chi connectivity index (χ2v) is 5.45. The van der Waals surface area contributed by atoms with E-state index in [-0.39, 0.29) is 28.6 Å². The summed E-state index contributed by atoms with van der Waals surface area (Å²) < 4.78 is 0. The molecule has 1 amide bonds. The summed E-state index contributed by atoms with van der Waals surface area (Å²) in [5.74, 6) is -1.53. The normalized spacial score (nSPS) is 10.3. The Morgan fingerprint density at radius 2 is 2.14 bits per heavy atom. The molecule has 110 valence electrons. The average Bonchev–Trinajstić information content (AvgIpc) is 2.90. The maximum atomic E-state index is 11.9. The van der Waals surface area contributed by atoms with E-state index in [4.69, 9.17) is 16.7 Å². The zero-order valence-corrected chi connectivity index (χ0v) is 12.2. The molecule has 0 saturated carbocycles. The first-order chi connectivity index (χ1) is 9.97. The predicted octanol–water partition coefficient (Wildman–Crippen LogP) is 2.17. The molecule has 0 spiro atoms. The van der Waals surface area contributed by atoms with Gasteiger partial charge in [-0.15, -0.1) is 11.3 Å². The van der Waals surface area contributed by atoms with E-state index in [1.807, 2.05) is 0 Å². The summed E-state index contributed by atoms with van der Waals surface area (Å²) in [6.45, 7) is 0.289. The van der Waals surface area contributed by atoms with Gasteiger partial charge in [-0.05, 0) is 18.2 Å². The molecular formula is C13H11ClN2O4S. The number of halogens is 1. The van der Waals surface area contributed by atoms with Crippen LogP contribution in [0, 0.1) is 0 Å². The lowest BCUT2D eigenvalue weighted by Crippen LogP contribution is -2.25. The Bertz CT molecular complexity index is 687. The average molecular weight is 327 g/mol. The number of hydrogen-bond acceptors (Lipinski definition) is 5. The number of aromatic hydroxyl groups is 1. The molecule has 2 aromatic rings. The summed E-state index contributed by atoms with van der Waals surface area (Å²) in [5, 5.41) is 23.0. The molecule has 0 unspecified atom stereocenters. The van der Waals surface area contributed by atoms with E-state index in [0.29, 0.717) is 11.4 Å². The number of thiazole rings is 1. The fourth-order valence-corrected chi connectivity index (χ4v) is 2.56. The van der Waals surface area contributed by atoms with E-state index < -0.39 is 11.9 Å². The highest BCUT2D eigenvalue weighted by Crippen LogP contribution is 2.21. The Kier molecular flexibility index (Phi) is 4.77. The number of carbonyl (C=O) groups is 2. The van der Waals surface area contributed by atoms with E-state index in [2.05, 4.69) is 10.3 Å². The number of aromatic nitrogens is 1. The second kappa shape index (κ2) is 6.55. The van der Waals surface area contributed by atoms with Crippen molar-refractivity contribution >= 4 is 34.8 Å². The van der Waals surface area contributed by atoms with Gasteiger partial charge < -0.3 is 15.5 Å².